The van der Waals surface area contributed by atoms with Gasteiger partial charge >= 0.3 is 0 Å². The first-order chi connectivity index (χ1) is 6.79. The molecule has 7 nitrogen and oxygen atoms in total. The van der Waals surface area contributed by atoms with E-state index in [1.165, 1.54) is 6.07 Å². The summed E-state index contributed by atoms with van der Waals surface area (Å²) in [6.45, 7) is 0. The summed E-state index contributed by atoms with van der Waals surface area (Å²) in [6, 6.07) is 3.33. The van der Waals surface area contributed by atoms with Gasteiger partial charge in [-0.05, 0) is 6.07 Å². The van der Waals surface area contributed by atoms with Crippen LogP contribution < -0.4 is 9.86 Å². The van der Waals surface area contributed by atoms with Gasteiger partial charge in [0.05, 0.1) is 15.6 Å². The Bertz CT molecular complexity index is 501. The number of hydrogen-bond donors (Lipinski definition) is 2. The van der Waals surface area contributed by atoms with Crippen LogP contribution in [-0.4, -0.2) is 13.3 Å². The molecule has 0 aliphatic heterocycles. The number of nitro benzene ring substituents is 1. The second-order valence-electron chi connectivity index (χ2n) is 2.57. The van der Waals surface area contributed by atoms with Crippen molar-refractivity contribution in [3.05, 3.63) is 33.3 Å². The monoisotopic (exact) mass is 251 g/mol. The summed E-state index contributed by atoms with van der Waals surface area (Å²) in [4.78, 5) is 9.71. The summed E-state index contributed by atoms with van der Waals surface area (Å²) in [5.74, 6) is 0. The molecule has 0 atom stereocenters. The summed E-state index contributed by atoms with van der Waals surface area (Å²) >= 11 is 5.60. The summed E-state index contributed by atoms with van der Waals surface area (Å²) in [5, 5.41) is 15.1. The van der Waals surface area contributed by atoms with Crippen LogP contribution >= 0.6 is 11.6 Å². The van der Waals surface area contributed by atoms with Gasteiger partial charge in [0.15, 0.2) is 0 Å². The van der Waals surface area contributed by atoms with E-state index in [1.54, 1.807) is 0 Å². The van der Waals surface area contributed by atoms with Crippen LogP contribution in [0.15, 0.2) is 18.2 Å². The Balaban J connectivity index is 3.17. The summed E-state index contributed by atoms with van der Waals surface area (Å²) in [7, 11) is -4.00. The van der Waals surface area contributed by atoms with Crippen molar-refractivity contribution in [2.24, 2.45) is 5.14 Å². The molecule has 0 bridgehead atoms. The van der Waals surface area contributed by atoms with E-state index in [4.69, 9.17) is 16.7 Å². The number of nitrogens with two attached hydrogens (primary N) is 1. The maximum absolute atomic E-state index is 10.7. The molecule has 15 heavy (non-hydrogen) atoms. The number of nitro groups is 1. The largest absolute Gasteiger partial charge is 0.296 e. The average molecular weight is 252 g/mol. The van der Waals surface area contributed by atoms with Gasteiger partial charge in [0.2, 0.25) is 0 Å². The third kappa shape index (κ3) is 3.35. The fourth-order valence-electron chi connectivity index (χ4n) is 0.858. The minimum atomic E-state index is -4.00. The van der Waals surface area contributed by atoms with Crippen molar-refractivity contribution in [2.75, 3.05) is 4.72 Å². The lowest BCUT2D eigenvalue weighted by Gasteiger charge is -2.04. The predicted octanol–water partition coefficient (Wildman–Crippen LogP) is 0.864. The molecule has 9 heteroatoms. The Morgan fingerprint density at radius 3 is 2.53 bits per heavy atom. The SMILES string of the molecule is NS(=O)(=O)Nc1cc([N+](=O)[O-])ccc1Cl. The number of hydrogen-bond acceptors (Lipinski definition) is 4. The minimum absolute atomic E-state index is 0.0228. The highest BCUT2D eigenvalue weighted by molar-refractivity contribution is 7.90. The number of anilines is 1. The molecule has 0 fully saturated rings. The minimum Gasteiger partial charge on any atom is -0.270 e. The van der Waals surface area contributed by atoms with Crippen molar-refractivity contribution >= 4 is 33.2 Å². The zero-order chi connectivity index (χ0) is 11.6. The lowest BCUT2D eigenvalue weighted by Crippen LogP contribution is -2.21. The molecule has 0 aliphatic rings. The smallest absolute Gasteiger partial charge is 0.270 e. The van der Waals surface area contributed by atoms with Crippen molar-refractivity contribution in [1.29, 1.82) is 0 Å². The molecule has 3 N–H and O–H groups in total. The van der Waals surface area contributed by atoms with Gasteiger partial charge in [-0.2, -0.15) is 8.42 Å². The molecule has 1 rings (SSSR count). The highest BCUT2D eigenvalue weighted by Gasteiger charge is 2.12. The standard InChI is InChI=1S/C6H6ClN3O4S/c7-5-2-1-4(10(11)12)3-6(5)9-15(8,13)14/h1-3,9H,(H2,8,13,14). The van der Waals surface area contributed by atoms with Crippen LogP contribution in [0.2, 0.25) is 5.02 Å². The number of rotatable bonds is 3. The van der Waals surface area contributed by atoms with E-state index in [1.807, 2.05) is 4.72 Å². The van der Waals surface area contributed by atoms with Crippen LogP contribution in [0.5, 0.6) is 0 Å². The van der Waals surface area contributed by atoms with E-state index < -0.39 is 15.1 Å². The second-order valence-corrected chi connectivity index (χ2v) is 4.27. The number of non-ortho nitro benzene ring substituents is 1. The Labute approximate surface area is 90.2 Å². The summed E-state index contributed by atoms with van der Waals surface area (Å²) in [6.07, 6.45) is 0. The molecule has 0 radical (unpaired) electrons. The van der Waals surface area contributed by atoms with Gasteiger partial charge in [-0.15, -0.1) is 0 Å². The first-order valence-corrected chi connectivity index (χ1v) is 5.46. The van der Waals surface area contributed by atoms with E-state index in [0.29, 0.717) is 0 Å². The highest BCUT2D eigenvalue weighted by atomic mass is 35.5. The third-order valence-electron chi connectivity index (χ3n) is 1.41. The fraction of sp³-hybridized carbons (Fsp3) is 0. The molecule has 1 aromatic rings. The summed E-state index contributed by atoms with van der Waals surface area (Å²) in [5.41, 5.74) is -0.418. The van der Waals surface area contributed by atoms with Crippen molar-refractivity contribution in [1.82, 2.24) is 0 Å². The molecule has 0 saturated carbocycles. The van der Waals surface area contributed by atoms with E-state index in [-0.39, 0.29) is 16.4 Å². The van der Waals surface area contributed by atoms with Gasteiger partial charge in [-0.1, -0.05) is 11.6 Å². The molecule has 0 aliphatic carbocycles. The molecule has 0 spiro atoms. The van der Waals surface area contributed by atoms with Crippen LogP contribution in [0.1, 0.15) is 0 Å². The zero-order valence-corrected chi connectivity index (χ0v) is 8.75. The molecule has 82 valence electrons. The quantitative estimate of drug-likeness (QED) is 0.612. The zero-order valence-electron chi connectivity index (χ0n) is 7.18. The maximum atomic E-state index is 10.7. The van der Waals surface area contributed by atoms with E-state index >= 15 is 0 Å². The predicted molar refractivity (Wildman–Crippen MR) is 54.8 cm³/mol. The van der Waals surface area contributed by atoms with Gasteiger partial charge in [-0.25, -0.2) is 5.14 Å². The van der Waals surface area contributed by atoms with Gasteiger partial charge < -0.3 is 0 Å². The normalized spacial score (nSPS) is 11.1. The summed E-state index contributed by atoms with van der Waals surface area (Å²) < 4.78 is 23.2. The third-order valence-corrected chi connectivity index (χ3v) is 2.25. The van der Waals surface area contributed by atoms with Crippen LogP contribution in [0.4, 0.5) is 11.4 Å². The van der Waals surface area contributed by atoms with Gasteiger partial charge in [0.1, 0.15) is 0 Å². The molecule has 0 unspecified atom stereocenters. The van der Waals surface area contributed by atoms with E-state index in [9.17, 15) is 18.5 Å². The first kappa shape index (κ1) is 11.7. The number of benzene rings is 1. The Morgan fingerprint density at radius 1 is 1.47 bits per heavy atom. The lowest BCUT2D eigenvalue weighted by atomic mass is 10.3. The Morgan fingerprint density at radius 2 is 2.07 bits per heavy atom. The number of nitrogens with zero attached hydrogens (tertiary/aromatic N) is 1. The van der Waals surface area contributed by atoms with Crippen molar-refractivity contribution < 1.29 is 13.3 Å². The lowest BCUT2D eigenvalue weighted by molar-refractivity contribution is -0.384. The van der Waals surface area contributed by atoms with Crippen LogP contribution in [0.25, 0.3) is 0 Å². The topological polar surface area (TPSA) is 115 Å². The Kier molecular flexibility index (Phi) is 3.12. The van der Waals surface area contributed by atoms with Crippen LogP contribution in [0.3, 0.4) is 0 Å². The molecular weight excluding hydrogens is 246 g/mol. The van der Waals surface area contributed by atoms with Gasteiger partial charge in [0, 0.05) is 12.1 Å². The molecular formula is C6H6ClN3O4S. The first-order valence-electron chi connectivity index (χ1n) is 3.54. The molecule has 0 saturated heterocycles. The van der Waals surface area contributed by atoms with Crippen molar-refractivity contribution in [3.63, 3.8) is 0 Å². The number of nitrogens with one attached hydrogen (secondary N) is 1. The van der Waals surface area contributed by atoms with Crippen LogP contribution in [-0.2, 0) is 10.2 Å². The van der Waals surface area contributed by atoms with Crippen molar-refractivity contribution in [2.45, 2.75) is 0 Å². The molecule has 0 heterocycles. The van der Waals surface area contributed by atoms with Gasteiger partial charge in [0.25, 0.3) is 15.9 Å². The molecule has 0 amide bonds. The maximum Gasteiger partial charge on any atom is 0.296 e. The highest BCUT2D eigenvalue weighted by Crippen LogP contribution is 2.26. The number of halogens is 1. The van der Waals surface area contributed by atoms with Gasteiger partial charge in [-0.3, -0.25) is 14.8 Å². The van der Waals surface area contributed by atoms with E-state index in [2.05, 4.69) is 0 Å². The molecule has 0 aromatic heterocycles. The fourth-order valence-corrected chi connectivity index (χ4v) is 1.55. The Hall–Kier alpha value is -1.38. The van der Waals surface area contributed by atoms with E-state index in [0.717, 1.165) is 12.1 Å². The second kappa shape index (κ2) is 4.01. The average Bonchev–Trinajstić information content (AvgIpc) is 2.06. The van der Waals surface area contributed by atoms with Crippen molar-refractivity contribution in [3.8, 4) is 0 Å². The molecule has 1 aromatic carbocycles. The van der Waals surface area contributed by atoms with Crippen LogP contribution in [0, 0.1) is 10.1 Å².